The van der Waals surface area contributed by atoms with Crippen LogP contribution >= 0.6 is 0 Å². The summed E-state index contributed by atoms with van der Waals surface area (Å²) >= 11 is 0. The first-order valence-electron chi connectivity index (χ1n) is 7.94. The van der Waals surface area contributed by atoms with Gasteiger partial charge in [-0.15, -0.1) is 0 Å². The third kappa shape index (κ3) is 3.59. The van der Waals surface area contributed by atoms with Crippen molar-refractivity contribution in [2.75, 3.05) is 18.1 Å². The molecule has 0 fully saturated rings. The van der Waals surface area contributed by atoms with E-state index in [1.54, 1.807) is 0 Å². The zero-order valence-corrected chi connectivity index (χ0v) is 15.0. The second-order valence-electron chi connectivity index (χ2n) is 5.97. The fraction of sp³-hybridized carbons (Fsp3) is 0.167. The van der Waals surface area contributed by atoms with Crippen molar-refractivity contribution in [3.05, 3.63) is 59.4 Å². The van der Waals surface area contributed by atoms with E-state index in [1.165, 1.54) is 25.2 Å². The van der Waals surface area contributed by atoms with Gasteiger partial charge in [-0.1, -0.05) is 6.07 Å². The van der Waals surface area contributed by atoms with Crippen LogP contribution in [0.2, 0.25) is 0 Å². The Bertz CT molecular complexity index is 1050. The van der Waals surface area contributed by atoms with E-state index >= 15 is 0 Å². The molecule has 0 saturated carbocycles. The number of hydrogen-bond donors (Lipinski definition) is 1. The quantitative estimate of drug-likeness (QED) is 0.620. The van der Waals surface area contributed by atoms with Crippen LogP contribution in [0.1, 0.15) is 27.1 Å². The van der Waals surface area contributed by atoms with Gasteiger partial charge in [0.05, 0.1) is 27.5 Å². The SMILES string of the molecule is CN1C(=O)c2cccc(NC(=O)CCS(=O)(=O)c3ccc(F)cc3)c2C1=O. The number of nitrogens with one attached hydrogen (secondary N) is 1. The van der Waals surface area contributed by atoms with Crippen LogP contribution in [0.25, 0.3) is 0 Å². The lowest BCUT2D eigenvalue weighted by Gasteiger charge is -2.09. The first-order chi connectivity index (χ1) is 12.7. The summed E-state index contributed by atoms with van der Waals surface area (Å²) in [7, 11) is -2.42. The highest BCUT2D eigenvalue weighted by Crippen LogP contribution is 2.28. The number of carbonyl (C=O) groups is 3. The van der Waals surface area contributed by atoms with Crippen molar-refractivity contribution in [3.63, 3.8) is 0 Å². The Hall–Kier alpha value is -3.07. The van der Waals surface area contributed by atoms with Gasteiger partial charge in [-0.3, -0.25) is 19.3 Å². The van der Waals surface area contributed by atoms with Crippen LogP contribution in [-0.2, 0) is 14.6 Å². The van der Waals surface area contributed by atoms with E-state index in [1.807, 2.05) is 0 Å². The molecular weight excluding hydrogens is 375 g/mol. The van der Waals surface area contributed by atoms with Gasteiger partial charge in [-0.25, -0.2) is 12.8 Å². The number of imide groups is 1. The minimum atomic E-state index is -3.76. The van der Waals surface area contributed by atoms with Gasteiger partial charge in [0.1, 0.15) is 5.82 Å². The number of hydrogen-bond acceptors (Lipinski definition) is 5. The lowest BCUT2D eigenvalue weighted by Crippen LogP contribution is -2.24. The molecule has 0 atom stereocenters. The molecule has 9 heteroatoms. The summed E-state index contributed by atoms with van der Waals surface area (Å²) in [6, 6.07) is 8.79. The molecule has 0 aliphatic carbocycles. The zero-order chi connectivity index (χ0) is 19.8. The monoisotopic (exact) mass is 390 g/mol. The molecule has 1 N–H and O–H groups in total. The summed E-state index contributed by atoms with van der Waals surface area (Å²) in [5, 5.41) is 2.48. The Morgan fingerprint density at radius 2 is 1.74 bits per heavy atom. The molecule has 0 saturated heterocycles. The largest absolute Gasteiger partial charge is 0.325 e. The Morgan fingerprint density at radius 3 is 2.41 bits per heavy atom. The third-order valence-electron chi connectivity index (χ3n) is 4.16. The maximum absolute atomic E-state index is 12.9. The Labute approximate surface area is 154 Å². The predicted octanol–water partition coefficient (Wildman–Crippen LogP) is 1.85. The molecule has 0 aromatic heterocycles. The molecule has 0 unspecified atom stereocenters. The Balaban J connectivity index is 1.72. The van der Waals surface area contributed by atoms with Gasteiger partial charge in [-0.2, -0.15) is 0 Å². The van der Waals surface area contributed by atoms with E-state index < -0.39 is 39.1 Å². The molecule has 1 heterocycles. The molecule has 1 aliphatic heterocycles. The number of carbonyl (C=O) groups excluding carboxylic acids is 3. The molecule has 0 bridgehead atoms. The summed E-state index contributed by atoms with van der Waals surface area (Å²) in [5.74, 6) is -2.67. The number of fused-ring (bicyclic) bond motifs is 1. The normalized spacial score (nSPS) is 13.6. The number of benzene rings is 2. The van der Waals surface area contributed by atoms with Gasteiger partial charge in [0, 0.05) is 13.5 Å². The van der Waals surface area contributed by atoms with Crippen LogP contribution in [0.4, 0.5) is 10.1 Å². The molecule has 1 aliphatic rings. The summed E-state index contributed by atoms with van der Waals surface area (Å²) < 4.78 is 37.3. The lowest BCUT2D eigenvalue weighted by atomic mass is 10.1. The van der Waals surface area contributed by atoms with E-state index in [4.69, 9.17) is 0 Å². The number of halogens is 1. The molecule has 7 nitrogen and oxygen atoms in total. The molecular formula is C18H15FN2O5S. The zero-order valence-electron chi connectivity index (χ0n) is 14.2. The maximum Gasteiger partial charge on any atom is 0.263 e. The molecule has 0 radical (unpaired) electrons. The Morgan fingerprint density at radius 1 is 1.07 bits per heavy atom. The third-order valence-corrected chi connectivity index (χ3v) is 5.89. The van der Waals surface area contributed by atoms with Crippen molar-refractivity contribution in [1.82, 2.24) is 4.90 Å². The molecule has 2 aromatic rings. The topological polar surface area (TPSA) is 101 Å². The van der Waals surface area contributed by atoms with Crippen molar-refractivity contribution in [2.45, 2.75) is 11.3 Å². The average molecular weight is 390 g/mol. The molecule has 140 valence electrons. The summed E-state index contributed by atoms with van der Waals surface area (Å²) in [6.45, 7) is 0. The van der Waals surface area contributed by atoms with Gasteiger partial charge in [0.25, 0.3) is 11.8 Å². The lowest BCUT2D eigenvalue weighted by molar-refractivity contribution is -0.115. The molecule has 3 rings (SSSR count). The van der Waals surface area contributed by atoms with E-state index in [2.05, 4.69) is 5.32 Å². The van der Waals surface area contributed by atoms with Gasteiger partial charge in [0.15, 0.2) is 9.84 Å². The minimum Gasteiger partial charge on any atom is -0.325 e. The van der Waals surface area contributed by atoms with Crippen LogP contribution in [0.3, 0.4) is 0 Å². The van der Waals surface area contributed by atoms with Crippen LogP contribution in [-0.4, -0.2) is 43.8 Å². The fourth-order valence-corrected chi connectivity index (χ4v) is 3.95. The smallest absolute Gasteiger partial charge is 0.263 e. The molecule has 27 heavy (non-hydrogen) atoms. The summed E-state index contributed by atoms with van der Waals surface area (Å²) in [4.78, 5) is 37.2. The van der Waals surface area contributed by atoms with Crippen molar-refractivity contribution < 1.29 is 27.2 Å². The second kappa shape index (κ2) is 6.92. The summed E-state index contributed by atoms with van der Waals surface area (Å²) in [5.41, 5.74) is 0.415. The number of nitrogens with zero attached hydrogens (tertiary/aromatic N) is 1. The van der Waals surface area contributed by atoms with Gasteiger partial charge in [0.2, 0.25) is 5.91 Å². The highest BCUT2D eigenvalue weighted by Gasteiger charge is 2.35. The standard InChI is InChI=1S/C18H15FN2O5S/c1-21-17(23)13-3-2-4-14(16(13)18(21)24)20-15(22)9-10-27(25,26)12-7-5-11(19)6-8-12/h2-8H,9-10H2,1H3,(H,20,22). The van der Waals surface area contributed by atoms with Crippen LogP contribution in [0, 0.1) is 5.82 Å². The first-order valence-corrected chi connectivity index (χ1v) is 9.59. The minimum absolute atomic E-state index is 0.0831. The predicted molar refractivity (Wildman–Crippen MR) is 94.6 cm³/mol. The van der Waals surface area contributed by atoms with E-state index in [0.717, 1.165) is 29.2 Å². The van der Waals surface area contributed by atoms with Crippen molar-refractivity contribution in [3.8, 4) is 0 Å². The number of amides is 3. The number of sulfone groups is 1. The maximum atomic E-state index is 12.9. The van der Waals surface area contributed by atoms with E-state index in [9.17, 15) is 27.2 Å². The average Bonchev–Trinajstić information content (AvgIpc) is 2.86. The fourth-order valence-electron chi connectivity index (χ4n) is 2.71. The Kier molecular flexibility index (Phi) is 4.79. The van der Waals surface area contributed by atoms with Crippen LogP contribution < -0.4 is 5.32 Å². The van der Waals surface area contributed by atoms with Gasteiger partial charge >= 0.3 is 0 Å². The highest BCUT2D eigenvalue weighted by atomic mass is 32.2. The second-order valence-corrected chi connectivity index (χ2v) is 8.08. The molecule has 2 aromatic carbocycles. The van der Waals surface area contributed by atoms with Gasteiger partial charge in [-0.05, 0) is 36.4 Å². The van der Waals surface area contributed by atoms with Crippen LogP contribution in [0.5, 0.6) is 0 Å². The number of anilines is 1. The van der Waals surface area contributed by atoms with E-state index in [0.29, 0.717) is 0 Å². The molecule has 0 spiro atoms. The number of rotatable bonds is 5. The van der Waals surface area contributed by atoms with Crippen molar-refractivity contribution in [2.24, 2.45) is 0 Å². The van der Waals surface area contributed by atoms with E-state index in [-0.39, 0.29) is 28.1 Å². The molecule has 3 amide bonds. The van der Waals surface area contributed by atoms with Crippen molar-refractivity contribution in [1.29, 1.82) is 0 Å². The van der Waals surface area contributed by atoms with Gasteiger partial charge < -0.3 is 5.32 Å². The highest BCUT2D eigenvalue weighted by molar-refractivity contribution is 7.91. The van der Waals surface area contributed by atoms with Crippen LogP contribution in [0.15, 0.2) is 47.4 Å². The van der Waals surface area contributed by atoms with Crippen molar-refractivity contribution >= 4 is 33.2 Å². The summed E-state index contributed by atoms with van der Waals surface area (Å²) in [6.07, 6.45) is -0.360. The first kappa shape index (κ1) is 18.7.